The summed E-state index contributed by atoms with van der Waals surface area (Å²) in [4.78, 5) is 2.53. The topological polar surface area (TPSA) is 15.3 Å². The van der Waals surface area contributed by atoms with Gasteiger partial charge in [-0.25, -0.2) is 4.39 Å². The van der Waals surface area contributed by atoms with Crippen LogP contribution in [0.1, 0.15) is 43.7 Å². The van der Waals surface area contributed by atoms with Crippen molar-refractivity contribution in [1.29, 1.82) is 0 Å². The number of hydrogen-bond donors (Lipinski definition) is 1. The molecule has 0 aromatic heterocycles. The van der Waals surface area contributed by atoms with Crippen molar-refractivity contribution >= 4 is 36.4 Å². The molecule has 1 saturated carbocycles. The lowest BCUT2D eigenvalue weighted by atomic mass is 9.80. The lowest BCUT2D eigenvalue weighted by molar-refractivity contribution is 0.103. The van der Waals surface area contributed by atoms with Crippen molar-refractivity contribution in [1.82, 2.24) is 10.2 Å². The summed E-state index contributed by atoms with van der Waals surface area (Å²) < 4.78 is 13.8. The number of halogens is 4. The van der Waals surface area contributed by atoms with Crippen LogP contribution in [0.3, 0.4) is 0 Å². The average molecular weight is 384 g/mol. The van der Waals surface area contributed by atoms with Crippen LogP contribution in [0.4, 0.5) is 4.39 Å². The molecule has 1 N–H and O–H groups in total. The second-order valence-corrected chi connectivity index (χ2v) is 6.77. The van der Waals surface area contributed by atoms with Gasteiger partial charge >= 0.3 is 0 Å². The van der Waals surface area contributed by atoms with Crippen molar-refractivity contribution in [3.05, 3.63) is 34.6 Å². The lowest BCUT2D eigenvalue weighted by Gasteiger charge is -2.41. The first-order valence-electron chi connectivity index (χ1n) is 8.15. The molecule has 1 aliphatic heterocycles. The third kappa shape index (κ3) is 5.47. The van der Waals surface area contributed by atoms with Crippen LogP contribution in [0, 0.1) is 11.7 Å². The minimum absolute atomic E-state index is 0. The molecule has 2 nitrogen and oxygen atoms in total. The molecular weight excluding hydrogens is 358 g/mol. The summed E-state index contributed by atoms with van der Waals surface area (Å²) in [6, 6.07) is 5.38. The lowest BCUT2D eigenvalue weighted by Crippen LogP contribution is -2.47. The molecule has 1 atom stereocenters. The van der Waals surface area contributed by atoms with Crippen LogP contribution in [-0.2, 0) is 0 Å². The Hall–Kier alpha value is -0.0600. The minimum atomic E-state index is -0.214. The summed E-state index contributed by atoms with van der Waals surface area (Å²) in [7, 11) is 0. The van der Waals surface area contributed by atoms with Crippen molar-refractivity contribution in [3.63, 3.8) is 0 Å². The van der Waals surface area contributed by atoms with Gasteiger partial charge in [0.1, 0.15) is 5.82 Å². The monoisotopic (exact) mass is 382 g/mol. The maximum atomic E-state index is 13.8. The fourth-order valence-corrected chi connectivity index (χ4v) is 4.17. The van der Waals surface area contributed by atoms with Gasteiger partial charge in [0, 0.05) is 37.2 Å². The zero-order valence-corrected chi connectivity index (χ0v) is 15.7. The van der Waals surface area contributed by atoms with Crippen LogP contribution in [0.5, 0.6) is 0 Å². The first kappa shape index (κ1) is 21.0. The molecule has 0 spiro atoms. The summed E-state index contributed by atoms with van der Waals surface area (Å²) in [5.74, 6) is 0.420. The highest BCUT2D eigenvalue weighted by Crippen LogP contribution is 2.39. The Labute approximate surface area is 156 Å². The summed E-state index contributed by atoms with van der Waals surface area (Å²) in [5.41, 5.74) is 1.06. The quantitative estimate of drug-likeness (QED) is 0.802. The first-order chi connectivity index (χ1) is 10.2. The predicted molar refractivity (Wildman–Crippen MR) is 99.7 cm³/mol. The molecule has 3 rings (SSSR count). The molecule has 1 aromatic carbocycles. The summed E-state index contributed by atoms with van der Waals surface area (Å²) >= 11 is 6.10. The molecule has 6 heteroatoms. The second kappa shape index (κ2) is 10.0. The van der Waals surface area contributed by atoms with Crippen LogP contribution in [0.2, 0.25) is 5.02 Å². The van der Waals surface area contributed by atoms with Crippen molar-refractivity contribution in [2.24, 2.45) is 5.92 Å². The fraction of sp³-hybridized carbons (Fsp3) is 0.647. The zero-order chi connectivity index (χ0) is 14.7. The Bertz CT molecular complexity index is 437. The highest BCUT2D eigenvalue weighted by atomic mass is 35.5. The van der Waals surface area contributed by atoms with Gasteiger partial charge < -0.3 is 5.32 Å². The number of piperazine rings is 1. The molecular formula is C17H26Cl3FN2. The van der Waals surface area contributed by atoms with Crippen molar-refractivity contribution in [3.8, 4) is 0 Å². The van der Waals surface area contributed by atoms with Gasteiger partial charge in [-0.05, 0) is 42.5 Å². The minimum Gasteiger partial charge on any atom is -0.314 e. The van der Waals surface area contributed by atoms with Crippen LogP contribution in [0.25, 0.3) is 0 Å². The molecule has 23 heavy (non-hydrogen) atoms. The van der Waals surface area contributed by atoms with E-state index in [1.165, 1.54) is 38.2 Å². The van der Waals surface area contributed by atoms with Gasteiger partial charge in [-0.3, -0.25) is 4.90 Å². The van der Waals surface area contributed by atoms with Gasteiger partial charge in [0.25, 0.3) is 0 Å². The molecule has 0 radical (unpaired) electrons. The number of nitrogens with zero attached hydrogens (tertiary/aromatic N) is 1. The summed E-state index contributed by atoms with van der Waals surface area (Å²) in [6.07, 6.45) is 6.45. The summed E-state index contributed by atoms with van der Waals surface area (Å²) in [6.45, 7) is 4.11. The van der Waals surface area contributed by atoms with E-state index in [0.717, 1.165) is 31.7 Å². The number of benzene rings is 1. The van der Waals surface area contributed by atoms with E-state index in [-0.39, 0.29) is 30.6 Å². The van der Waals surface area contributed by atoms with E-state index in [9.17, 15) is 4.39 Å². The first-order valence-corrected chi connectivity index (χ1v) is 8.52. The molecule has 1 aromatic rings. The van der Waals surface area contributed by atoms with E-state index in [1.807, 2.05) is 6.07 Å². The molecule has 1 heterocycles. The van der Waals surface area contributed by atoms with Crippen LogP contribution in [-0.4, -0.2) is 31.1 Å². The van der Waals surface area contributed by atoms with Crippen LogP contribution in [0.15, 0.2) is 18.2 Å². The van der Waals surface area contributed by atoms with E-state index in [0.29, 0.717) is 17.0 Å². The Kier molecular flexibility index (Phi) is 9.17. The zero-order valence-electron chi connectivity index (χ0n) is 13.3. The SMILES string of the molecule is Cl.Cl.Fc1cc(Cl)cc([C@@H](C2CCCCC2)N2CCNCC2)c1. The number of rotatable bonds is 3. The van der Waals surface area contributed by atoms with Crippen molar-refractivity contribution in [2.45, 2.75) is 38.1 Å². The van der Waals surface area contributed by atoms with Gasteiger partial charge in [-0.2, -0.15) is 0 Å². The molecule has 0 amide bonds. The molecule has 0 bridgehead atoms. The van der Waals surface area contributed by atoms with E-state index in [4.69, 9.17) is 11.6 Å². The molecule has 132 valence electrons. The fourth-order valence-electron chi connectivity index (χ4n) is 3.94. The van der Waals surface area contributed by atoms with Crippen LogP contribution < -0.4 is 5.32 Å². The number of hydrogen-bond acceptors (Lipinski definition) is 2. The molecule has 1 aliphatic carbocycles. The van der Waals surface area contributed by atoms with Gasteiger partial charge in [0.05, 0.1) is 0 Å². The highest BCUT2D eigenvalue weighted by Gasteiger charge is 2.31. The Morgan fingerprint density at radius 1 is 1.04 bits per heavy atom. The van der Waals surface area contributed by atoms with Gasteiger partial charge in [-0.15, -0.1) is 24.8 Å². The average Bonchev–Trinajstić information content (AvgIpc) is 2.49. The maximum absolute atomic E-state index is 13.8. The third-order valence-corrected chi connectivity index (χ3v) is 5.09. The van der Waals surface area contributed by atoms with Crippen molar-refractivity contribution < 1.29 is 4.39 Å². The van der Waals surface area contributed by atoms with Crippen molar-refractivity contribution in [2.75, 3.05) is 26.2 Å². The van der Waals surface area contributed by atoms with E-state index < -0.39 is 0 Å². The Morgan fingerprint density at radius 2 is 1.70 bits per heavy atom. The number of nitrogens with one attached hydrogen (secondary N) is 1. The van der Waals surface area contributed by atoms with E-state index in [1.54, 1.807) is 6.07 Å². The largest absolute Gasteiger partial charge is 0.314 e. The van der Waals surface area contributed by atoms with Gasteiger partial charge in [0.2, 0.25) is 0 Å². The normalized spacial score (nSPS) is 21.1. The van der Waals surface area contributed by atoms with E-state index >= 15 is 0 Å². The third-order valence-electron chi connectivity index (χ3n) is 4.87. The highest BCUT2D eigenvalue weighted by molar-refractivity contribution is 6.30. The second-order valence-electron chi connectivity index (χ2n) is 6.33. The molecule has 0 unspecified atom stereocenters. The summed E-state index contributed by atoms with van der Waals surface area (Å²) in [5, 5.41) is 3.92. The van der Waals surface area contributed by atoms with Gasteiger partial charge in [0.15, 0.2) is 0 Å². The molecule has 1 saturated heterocycles. The Morgan fingerprint density at radius 3 is 2.30 bits per heavy atom. The Balaban J connectivity index is 0.00000132. The smallest absolute Gasteiger partial charge is 0.125 e. The molecule has 2 fully saturated rings. The molecule has 2 aliphatic rings. The van der Waals surface area contributed by atoms with Gasteiger partial charge in [-0.1, -0.05) is 30.9 Å². The predicted octanol–water partition coefficient (Wildman–Crippen LogP) is 4.85. The van der Waals surface area contributed by atoms with E-state index in [2.05, 4.69) is 10.2 Å². The maximum Gasteiger partial charge on any atom is 0.125 e. The van der Waals surface area contributed by atoms with Crippen LogP contribution >= 0.6 is 36.4 Å². The standard InChI is InChI=1S/C17H24ClFN2.2ClH/c18-15-10-14(11-16(19)12-15)17(13-4-2-1-3-5-13)21-8-6-20-7-9-21;;/h10-13,17,20H,1-9H2;2*1H/t17-;;/m1../s1.